The average molecular weight is 475 g/mol. The number of hydrogen-bond donors (Lipinski definition) is 2. The van der Waals surface area contributed by atoms with Crippen molar-refractivity contribution in [1.29, 1.82) is 0 Å². The van der Waals surface area contributed by atoms with Gasteiger partial charge < -0.3 is 14.8 Å². The summed E-state index contributed by atoms with van der Waals surface area (Å²) in [7, 11) is 0. The topological polar surface area (TPSA) is 50.8 Å². The summed E-state index contributed by atoms with van der Waals surface area (Å²) in [6.07, 6.45) is 3.05. The third kappa shape index (κ3) is 7.40. The van der Waals surface area contributed by atoms with Crippen LogP contribution in [0.2, 0.25) is 10.0 Å². The fraction of sp³-hybridized carbons (Fsp3) is 0.682. The molecule has 1 aromatic carbocycles. The maximum absolute atomic E-state index is 11.9. The van der Waals surface area contributed by atoms with Crippen LogP contribution in [-0.2, 0) is 11.3 Å². The van der Waals surface area contributed by atoms with Crippen LogP contribution < -0.4 is 10.1 Å². The predicted molar refractivity (Wildman–Crippen MR) is 125 cm³/mol. The van der Waals surface area contributed by atoms with Gasteiger partial charge in [-0.3, -0.25) is 4.90 Å². The van der Waals surface area contributed by atoms with E-state index in [9.17, 15) is 4.79 Å². The average Bonchev–Trinajstić information content (AvgIpc) is 3.46. The Morgan fingerprint density at radius 3 is 2.57 bits per heavy atom. The summed E-state index contributed by atoms with van der Waals surface area (Å²) in [4.78, 5) is 14.3. The minimum atomic E-state index is -0.493. The maximum Gasteiger partial charge on any atom is 0.407 e. The number of alkyl carbamates (subject to hydrolysis) is 1. The Kier molecular flexibility index (Phi) is 8.10. The lowest BCUT2D eigenvalue weighted by molar-refractivity contribution is 0.0511. The zero-order chi connectivity index (χ0) is 21.9. The van der Waals surface area contributed by atoms with Crippen molar-refractivity contribution in [2.75, 3.05) is 26.2 Å². The molecule has 8 heteroatoms. The third-order valence-electron chi connectivity index (χ3n) is 5.38. The molecule has 1 aliphatic heterocycles. The molecule has 0 spiro atoms. The first-order valence-electron chi connectivity index (χ1n) is 10.6. The number of carbonyl (C=O) groups is 1. The number of nitrogens with zero attached hydrogens (tertiary/aromatic N) is 1. The van der Waals surface area contributed by atoms with Gasteiger partial charge in [0, 0.05) is 36.5 Å². The summed E-state index contributed by atoms with van der Waals surface area (Å²) in [6, 6.07) is 3.74. The first-order valence-corrected chi connectivity index (χ1v) is 11.9. The molecule has 168 valence electrons. The summed E-state index contributed by atoms with van der Waals surface area (Å²) in [5.74, 6) is 1.79. The molecule has 2 fully saturated rings. The fourth-order valence-electron chi connectivity index (χ4n) is 3.52. The van der Waals surface area contributed by atoms with Gasteiger partial charge in [0.1, 0.15) is 11.4 Å². The van der Waals surface area contributed by atoms with Crippen molar-refractivity contribution < 1.29 is 14.3 Å². The number of rotatable bonds is 7. The number of thiol groups is 1. The number of carbonyl (C=O) groups excluding carboxylic acids is 1. The van der Waals surface area contributed by atoms with Crippen LogP contribution in [0.4, 0.5) is 4.79 Å². The molecule has 1 saturated heterocycles. The molecule has 3 rings (SSSR count). The van der Waals surface area contributed by atoms with Crippen molar-refractivity contribution in [3.05, 3.63) is 27.7 Å². The van der Waals surface area contributed by atoms with E-state index in [1.165, 1.54) is 12.8 Å². The molecule has 30 heavy (non-hydrogen) atoms. The van der Waals surface area contributed by atoms with Crippen LogP contribution in [0.15, 0.2) is 12.1 Å². The quantitative estimate of drug-likeness (QED) is 0.517. The molecule has 1 aromatic rings. The van der Waals surface area contributed by atoms with E-state index in [2.05, 4.69) is 10.2 Å². The lowest BCUT2D eigenvalue weighted by Crippen LogP contribution is -2.45. The zero-order valence-electron chi connectivity index (χ0n) is 17.9. The highest BCUT2D eigenvalue weighted by molar-refractivity contribution is 7.81. The molecule has 5 nitrogen and oxygen atoms in total. The van der Waals surface area contributed by atoms with Crippen LogP contribution in [0.1, 0.15) is 45.6 Å². The summed E-state index contributed by atoms with van der Waals surface area (Å²) in [5.41, 5.74) is 0.559. The zero-order valence-corrected chi connectivity index (χ0v) is 20.3. The summed E-state index contributed by atoms with van der Waals surface area (Å²) >= 11 is 17.3. The molecule has 0 aromatic heterocycles. The molecule has 1 heterocycles. The Hall–Kier alpha value is -0.820. The standard InChI is InChI=1S/C22H32Cl2N2O3S/c1-22(2,3)29-21(27)25-10-15-6-7-26(12-20(15)30)11-16-8-17(23)18(24)9-19(16)28-13-14-4-5-14/h8-9,14-15,20,30H,4-7,10-13H2,1-3H3,(H,25,27)/t15-,20?/m0/s1. The number of hydrogen-bond acceptors (Lipinski definition) is 5. The lowest BCUT2D eigenvalue weighted by atomic mass is 9.95. The van der Waals surface area contributed by atoms with E-state index in [0.29, 0.717) is 28.4 Å². The number of likely N-dealkylation sites (tertiary alicyclic amines) is 1. The highest BCUT2D eigenvalue weighted by atomic mass is 35.5. The number of ether oxygens (including phenoxy) is 2. The molecule has 1 saturated carbocycles. The van der Waals surface area contributed by atoms with Gasteiger partial charge in [0.15, 0.2) is 0 Å². The van der Waals surface area contributed by atoms with Gasteiger partial charge in [-0.1, -0.05) is 23.2 Å². The van der Waals surface area contributed by atoms with Crippen LogP contribution in [-0.4, -0.2) is 48.1 Å². The second-order valence-electron chi connectivity index (χ2n) is 9.36. The van der Waals surface area contributed by atoms with Crippen LogP contribution in [0.3, 0.4) is 0 Å². The van der Waals surface area contributed by atoms with E-state index in [1.54, 1.807) is 0 Å². The summed E-state index contributed by atoms with van der Waals surface area (Å²) < 4.78 is 11.4. The summed E-state index contributed by atoms with van der Waals surface area (Å²) in [6.45, 7) is 9.36. The van der Waals surface area contributed by atoms with Crippen molar-refractivity contribution in [3.63, 3.8) is 0 Å². The summed E-state index contributed by atoms with van der Waals surface area (Å²) in [5, 5.41) is 4.10. The largest absolute Gasteiger partial charge is 0.493 e. The Morgan fingerprint density at radius 2 is 1.93 bits per heavy atom. The predicted octanol–water partition coefficient (Wildman–Crippen LogP) is 5.43. The second kappa shape index (κ2) is 10.2. The normalized spacial score (nSPS) is 22.6. The number of piperidine rings is 1. The lowest BCUT2D eigenvalue weighted by Gasteiger charge is -2.36. The van der Waals surface area contributed by atoms with Gasteiger partial charge in [-0.25, -0.2) is 4.79 Å². The van der Waals surface area contributed by atoms with Crippen molar-refractivity contribution in [2.45, 2.75) is 57.4 Å². The Balaban J connectivity index is 1.53. The van der Waals surface area contributed by atoms with Crippen LogP contribution >= 0.6 is 35.8 Å². The highest BCUT2D eigenvalue weighted by Gasteiger charge is 2.29. The highest BCUT2D eigenvalue weighted by Crippen LogP contribution is 2.35. The maximum atomic E-state index is 11.9. The Bertz CT molecular complexity index is 753. The first-order chi connectivity index (χ1) is 14.1. The van der Waals surface area contributed by atoms with Gasteiger partial charge in [0.05, 0.1) is 16.7 Å². The molecular weight excluding hydrogens is 443 g/mol. The van der Waals surface area contributed by atoms with E-state index in [4.69, 9.17) is 45.3 Å². The minimum Gasteiger partial charge on any atom is -0.493 e. The monoisotopic (exact) mass is 474 g/mol. The van der Waals surface area contributed by atoms with Gasteiger partial charge in [-0.05, 0) is 64.5 Å². The first kappa shape index (κ1) is 23.8. The van der Waals surface area contributed by atoms with E-state index in [1.807, 2.05) is 32.9 Å². The molecular formula is C22H32Cl2N2O3S. The second-order valence-corrected chi connectivity index (χ2v) is 10.8. The van der Waals surface area contributed by atoms with Crippen molar-refractivity contribution in [3.8, 4) is 5.75 Å². The van der Waals surface area contributed by atoms with Crippen LogP contribution in [0.25, 0.3) is 0 Å². The van der Waals surface area contributed by atoms with Crippen molar-refractivity contribution in [1.82, 2.24) is 10.2 Å². The molecule has 1 N–H and O–H groups in total. The van der Waals surface area contributed by atoms with Gasteiger partial charge in [0.25, 0.3) is 0 Å². The Labute approximate surface area is 195 Å². The Morgan fingerprint density at radius 1 is 1.23 bits per heavy atom. The number of amides is 1. The SMILES string of the molecule is CC(C)(C)OC(=O)NC[C@@H]1CCN(Cc2cc(Cl)c(Cl)cc2OCC2CC2)CC1S. The molecule has 0 radical (unpaired) electrons. The number of nitrogens with one attached hydrogen (secondary N) is 1. The molecule has 0 bridgehead atoms. The fourth-order valence-corrected chi connectivity index (χ4v) is 4.34. The number of benzene rings is 1. The van der Waals surface area contributed by atoms with E-state index in [0.717, 1.165) is 44.0 Å². The molecule has 1 aliphatic carbocycles. The van der Waals surface area contributed by atoms with Gasteiger partial charge in [0.2, 0.25) is 0 Å². The smallest absolute Gasteiger partial charge is 0.407 e. The van der Waals surface area contributed by atoms with Crippen molar-refractivity contribution in [2.24, 2.45) is 11.8 Å². The minimum absolute atomic E-state index is 0.160. The van der Waals surface area contributed by atoms with Gasteiger partial charge in [-0.15, -0.1) is 0 Å². The van der Waals surface area contributed by atoms with E-state index >= 15 is 0 Å². The van der Waals surface area contributed by atoms with Crippen molar-refractivity contribution >= 4 is 41.9 Å². The molecule has 2 atom stereocenters. The van der Waals surface area contributed by atoms with Crippen LogP contribution in [0, 0.1) is 11.8 Å². The van der Waals surface area contributed by atoms with E-state index < -0.39 is 5.60 Å². The third-order valence-corrected chi connectivity index (χ3v) is 6.69. The molecule has 1 amide bonds. The molecule has 2 aliphatic rings. The van der Waals surface area contributed by atoms with Gasteiger partial charge >= 0.3 is 6.09 Å². The molecule has 1 unspecified atom stereocenters. The van der Waals surface area contributed by atoms with Gasteiger partial charge in [-0.2, -0.15) is 12.6 Å². The number of halogens is 2. The van der Waals surface area contributed by atoms with E-state index in [-0.39, 0.29) is 11.3 Å². The van der Waals surface area contributed by atoms with Crippen LogP contribution in [0.5, 0.6) is 5.75 Å².